The molecule has 0 aromatic heterocycles. The summed E-state index contributed by atoms with van der Waals surface area (Å²) in [5, 5.41) is 16.7. The van der Waals surface area contributed by atoms with Crippen LogP contribution < -0.4 is 0 Å². The third-order valence-electron chi connectivity index (χ3n) is 3.64. The van der Waals surface area contributed by atoms with Crippen LogP contribution in [-0.4, -0.2) is 23.0 Å². The van der Waals surface area contributed by atoms with Gasteiger partial charge >= 0.3 is 12.1 Å². The van der Waals surface area contributed by atoms with Crippen LogP contribution in [-0.2, 0) is 0 Å². The molecule has 0 radical (unpaired) electrons. The van der Waals surface area contributed by atoms with Gasteiger partial charge in [-0.3, -0.25) is 0 Å². The van der Waals surface area contributed by atoms with Gasteiger partial charge in [-0.1, -0.05) is 5.57 Å². The molecule has 2 N–H and O–H groups in total. The lowest BCUT2D eigenvalue weighted by molar-refractivity contribution is -0.135. The minimum Gasteiger partial charge on any atom is -0.477 e. The third-order valence-corrected chi connectivity index (χ3v) is 3.64. The summed E-state index contributed by atoms with van der Waals surface area (Å²) in [6, 6.07) is 1.82. The number of allylic oxidation sites excluding steroid dienone is 2. The molecule has 1 aromatic rings. The Kier molecular flexibility index (Phi) is 6.84. The van der Waals surface area contributed by atoms with Crippen molar-refractivity contribution in [3.8, 4) is 0 Å². The van der Waals surface area contributed by atoms with Gasteiger partial charge in [-0.15, -0.1) is 0 Å². The van der Waals surface area contributed by atoms with Crippen LogP contribution >= 0.6 is 0 Å². The summed E-state index contributed by atoms with van der Waals surface area (Å²) in [5.74, 6) is -4.32. The van der Waals surface area contributed by atoms with E-state index in [-0.39, 0.29) is 36.1 Å². The molecule has 3 nitrogen and oxygen atoms in total. The number of rotatable bonds is 7. The summed E-state index contributed by atoms with van der Waals surface area (Å²) in [6.45, 7) is 2.88. The monoisotopic (exact) mass is 363 g/mol. The van der Waals surface area contributed by atoms with Crippen LogP contribution in [0, 0.1) is 17.0 Å². The molecule has 0 heterocycles. The average molecular weight is 363 g/mol. The van der Waals surface area contributed by atoms with Gasteiger partial charge in [0.2, 0.25) is 0 Å². The summed E-state index contributed by atoms with van der Waals surface area (Å²) in [4.78, 5) is 11.0. The highest BCUT2D eigenvalue weighted by atomic mass is 19.4. The van der Waals surface area contributed by atoms with E-state index in [0.717, 1.165) is 12.1 Å². The number of alkyl halides is 3. The Morgan fingerprint density at radius 2 is 1.76 bits per heavy atom. The van der Waals surface area contributed by atoms with Crippen molar-refractivity contribution in [3.05, 3.63) is 40.5 Å². The average Bonchev–Trinajstić information content (AvgIpc) is 2.44. The van der Waals surface area contributed by atoms with Gasteiger partial charge in [0, 0.05) is 23.3 Å². The fraction of sp³-hybridized carbons (Fsp3) is 0.412. The number of hydrogen-bond donors (Lipinski definition) is 2. The lowest BCUT2D eigenvalue weighted by atomic mass is 9.92. The van der Waals surface area contributed by atoms with Crippen LogP contribution in [0.3, 0.4) is 0 Å². The minimum atomic E-state index is -4.25. The van der Waals surface area contributed by atoms with E-state index in [4.69, 9.17) is 10.5 Å². The van der Waals surface area contributed by atoms with Gasteiger partial charge in [0.1, 0.15) is 17.2 Å². The van der Waals surface area contributed by atoms with Crippen molar-refractivity contribution in [1.82, 2.24) is 0 Å². The van der Waals surface area contributed by atoms with Crippen LogP contribution in [0.15, 0.2) is 17.7 Å². The molecular weight excluding hydrogens is 345 g/mol. The maximum Gasteiger partial charge on any atom is 0.389 e. The number of unbranched alkanes of at least 4 members (excludes halogenated alkanes) is 1. The molecule has 0 saturated heterocycles. The first-order valence-corrected chi connectivity index (χ1v) is 7.49. The van der Waals surface area contributed by atoms with Crippen LogP contribution in [0.5, 0.6) is 0 Å². The van der Waals surface area contributed by atoms with Crippen molar-refractivity contribution >= 4 is 17.3 Å². The second kappa shape index (κ2) is 8.22. The molecule has 25 heavy (non-hydrogen) atoms. The molecule has 0 spiro atoms. The number of hydrogen-bond acceptors (Lipinski definition) is 2. The quantitative estimate of drug-likeness (QED) is 0.376. The second-order valence-electron chi connectivity index (χ2n) is 5.69. The van der Waals surface area contributed by atoms with Crippen molar-refractivity contribution in [1.29, 1.82) is 5.41 Å². The number of carboxylic acids is 1. The highest BCUT2D eigenvalue weighted by molar-refractivity contribution is 6.22. The molecule has 0 fully saturated rings. The van der Waals surface area contributed by atoms with Crippen molar-refractivity contribution in [2.75, 3.05) is 0 Å². The first kappa shape index (κ1) is 20.8. The molecule has 0 saturated carbocycles. The van der Waals surface area contributed by atoms with Crippen molar-refractivity contribution in [2.45, 2.75) is 45.7 Å². The molecular formula is C17H18F5NO2. The molecule has 138 valence electrons. The van der Waals surface area contributed by atoms with E-state index >= 15 is 0 Å². The maximum atomic E-state index is 14.4. The highest BCUT2D eigenvalue weighted by Crippen LogP contribution is 2.29. The zero-order valence-corrected chi connectivity index (χ0v) is 13.7. The van der Waals surface area contributed by atoms with E-state index in [1.807, 2.05) is 0 Å². The predicted molar refractivity (Wildman–Crippen MR) is 83.8 cm³/mol. The molecule has 0 aliphatic carbocycles. The standard InChI is InChI=1S/C17H18F5NO2/c1-9(5-3-4-8-17(20,21)22)13(10(2)23)11-6-7-12(18)14(15(11)19)16(24)25/h6-7,23H,3-5,8H2,1-2H3,(H,24,25)/b13-9+,23-10?. The molecule has 8 heteroatoms. The first-order valence-electron chi connectivity index (χ1n) is 7.49. The SMILES string of the molecule is CC(=N)/C(=C(/C)CCCCC(F)(F)F)c1ccc(F)c(C(=O)O)c1F. The molecule has 0 unspecified atom stereocenters. The number of benzene rings is 1. The number of carboxylic acid groups (broad SMARTS) is 1. The molecule has 0 bridgehead atoms. The minimum absolute atomic E-state index is 0.0759. The van der Waals surface area contributed by atoms with Gasteiger partial charge in [-0.25, -0.2) is 13.6 Å². The Labute approximate surface area is 141 Å². The Morgan fingerprint density at radius 3 is 2.24 bits per heavy atom. The van der Waals surface area contributed by atoms with Gasteiger partial charge in [0.25, 0.3) is 0 Å². The van der Waals surface area contributed by atoms with Crippen molar-refractivity contribution in [2.24, 2.45) is 0 Å². The predicted octanol–water partition coefficient (Wildman–Crippen LogP) is 5.60. The zero-order valence-electron chi connectivity index (χ0n) is 13.7. The van der Waals surface area contributed by atoms with Gasteiger partial charge < -0.3 is 10.5 Å². The molecule has 0 aliphatic heterocycles. The van der Waals surface area contributed by atoms with Gasteiger partial charge in [0.15, 0.2) is 0 Å². The maximum absolute atomic E-state index is 14.4. The summed E-state index contributed by atoms with van der Waals surface area (Å²) in [6.07, 6.45) is -4.94. The topological polar surface area (TPSA) is 61.2 Å². The third kappa shape index (κ3) is 5.65. The van der Waals surface area contributed by atoms with E-state index < -0.39 is 35.8 Å². The smallest absolute Gasteiger partial charge is 0.389 e. The molecule has 0 aliphatic rings. The van der Waals surface area contributed by atoms with Gasteiger partial charge in [0.05, 0.1) is 0 Å². The summed E-state index contributed by atoms with van der Waals surface area (Å²) < 4.78 is 64.4. The van der Waals surface area contributed by atoms with Crippen LogP contribution in [0.4, 0.5) is 22.0 Å². The van der Waals surface area contributed by atoms with Crippen LogP contribution in [0.1, 0.15) is 55.5 Å². The lowest BCUT2D eigenvalue weighted by Gasteiger charge is -2.14. The lowest BCUT2D eigenvalue weighted by Crippen LogP contribution is -2.10. The second-order valence-corrected chi connectivity index (χ2v) is 5.69. The fourth-order valence-electron chi connectivity index (χ4n) is 2.53. The Balaban J connectivity index is 3.17. The Hall–Kier alpha value is -2.25. The molecule has 1 aromatic carbocycles. The normalized spacial score (nSPS) is 12.8. The molecule has 1 rings (SSSR count). The number of nitrogens with one attached hydrogen (secondary N) is 1. The van der Waals surface area contributed by atoms with Crippen LogP contribution in [0.25, 0.3) is 5.57 Å². The van der Waals surface area contributed by atoms with Crippen LogP contribution in [0.2, 0.25) is 0 Å². The first-order chi connectivity index (χ1) is 11.5. The summed E-state index contributed by atoms with van der Waals surface area (Å²) in [5.41, 5.74) is -0.945. The molecule has 0 amide bonds. The fourth-order valence-corrected chi connectivity index (χ4v) is 2.53. The number of carbonyl (C=O) groups is 1. The number of halogens is 5. The zero-order chi connectivity index (χ0) is 19.4. The van der Waals surface area contributed by atoms with E-state index in [1.165, 1.54) is 13.8 Å². The largest absolute Gasteiger partial charge is 0.477 e. The van der Waals surface area contributed by atoms with Gasteiger partial charge in [-0.2, -0.15) is 13.2 Å². The highest BCUT2D eigenvalue weighted by Gasteiger charge is 2.26. The Morgan fingerprint density at radius 1 is 1.16 bits per heavy atom. The Bertz CT molecular complexity index is 708. The van der Waals surface area contributed by atoms with Crippen molar-refractivity contribution < 1.29 is 31.9 Å². The van der Waals surface area contributed by atoms with E-state index in [1.54, 1.807) is 0 Å². The summed E-state index contributed by atoms with van der Waals surface area (Å²) >= 11 is 0. The summed E-state index contributed by atoms with van der Waals surface area (Å²) in [7, 11) is 0. The van der Waals surface area contributed by atoms with Crippen molar-refractivity contribution in [3.63, 3.8) is 0 Å². The van der Waals surface area contributed by atoms with E-state index in [9.17, 15) is 26.7 Å². The van der Waals surface area contributed by atoms with E-state index in [2.05, 4.69) is 0 Å². The van der Waals surface area contributed by atoms with Gasteiger partial charge in [-0.05, 0) is 45.2 Å². The number of aromatic carboxylic acids is 1. The van der Waals surface area contributed by atoms with E-state index in [0.29, 0.717) is 5.57 Å². The molecule has 0 atom stereocenters.